The van der Waals surface area contributed by atoms with Crippen LogP contribution in [0.25, 0.3) is 0 Å². The van der Waals surface area contributed by atoms with Crippen LogP contribution in [0.3, 0.4) is 0 Å². The van der Waals surface area contributed by atoms with Gasteiger partial charge in [-0.15, -0.1) is 0 Å². The lowest BCUT2D eigenvalue weighted by atomic mass is 10.0. The Morgan fingerprint density at radius 1 is 0.944 bits per heavy atom. The summed E-state index contributed by atoms with van der Waals surface area (Å²) in [6.45, 7) is 3.94. The highest BCUT2D eigenvalue weighted by Crippen LogP contribution is 2.20. The fourth-order valence-corrected chi connectivity index (χ4v) is 1.89. The van der Waals surface area contributed by atoms with Crippen LogP contribution >= 0.6 is 0 Å². The molecule has 0 saturated heterocycles. The van der Waals surface area contributed by atoms with Gasteiger partial charge in [0.2, 0.25) is 0 Å². The second kappa shape index (κ2) is 5.05. The van der Waals surface area contributed by atoms with Gasteiger partial charge in [-0.05, 0) is 37.6 Å². The van der Waals surface area contributed by atoms with E-state index in [0.29, 0.717) is 11.1 Å². The van der Waals surface area contributed by atoms with Gasteiger partial charge in [0.05, 0.1) is 7.11 Å². The zero-order valence-electron chi connectivity index (χ0n) is 10.9. The number of aryl methyl sites for hydroxylation is 2. The Bertz CT molecular complexity index is 568. The van der Waals surface area contributed by atoms with Gasteiger partial charge in [0.15, 0.2) is 5.78 Å². The molecule has 2 rings (SSSR count). The number of benzene rings is 2. The first-order valence-electron chi connectivity index (χ1n) is 5.88. The molecule has 2 nitrogen and oxygen atoms in total. The van der Waals surface area contributed by atoms with Gasteiger partial charge < -0.3 is 4.74 Å². The summed E-state index contributed by atoms with van der Waals surface area (Å²) in [5.74, 6) is 0.844. The summed E-state index contributed by atoms with van der Waals surface area (Å²) < 4.78 is 5.19. The summed E-state index contributed by atoms with van der Waals surface area (Å²) in [4.78, 5) is 12.3. The molecule has 0 bridgehead atoms. The Morgan fingerprint density at radius 3 is 2.11 bits per heavy atom. The topological polar surface area (TPSA) is 26.3 Å². The predicted octanol–water partition coefficient (Wildman–Crippen LogP) is 3.54. The number of carbonyl (C=O) groups is 1. The third-order valence-electron chi connectivity index (χ3n) is 2.97. The number of methoxy groups -OCH3 is 1. The standard InChI is InChI=1S/C16H16O2/c1-11-4-6-13(7-5-11)16(17)14-8-9-15(18-3)12(2)10-14/h4-10H,1-3H3. The van der Waals surface area contributed by atoms with E-state index >= 15 is 0 Å². The van der Waals surface area contributed by atoms with Crippen LogP contribution < -0.4 is 4.74 Å². The van der Waals surface area contributed by atoms with E-state index in [2.05, 4.69) is 0 Å². The molecule has 0 radical (unpaired) electrons. The van der Waals surface area contributed by atoms with Crippen LogP contribution in [0.1, 0.15) is 27.0 Å². The van der Waals surface area contributed by atoms with Gasteiger partial charge >= 0.3 is 0 Å². The number of carbonyl (C=O) groups excluding carboxylic acids is 1. The maximum Gasteiger partial charge on any atom is 0.193 e. The molecule has 0 heterocycles. The van der Waals surface area contributed by atoms with Gasteiger partial charge in [-0.25, -0.2) is 0 Å². The smallest absolute Gasteiger partial charge is 0.193 e. The van der Waals surface area contributed by atoms with Crippen molar-refractivity contribution in [2.45, 2.75) is 13.8 Å². The van der Waals surface area contributed by atoms with Crippen molar-refractivity contribution in [2.75, 3.05) is 7.11 Å². The molecule has 0 fully saturated rings. The molecular formula is C16H16O2. The van der Waals surface area contributed by atoms with Crippen molar-refractivity contribution in [3.63, 3.8) is 0 Å². The highest BCUT2D eigenvalue weighted by Gasteiger charge is 2.10. The van der Waals surface area contributed by atoms with Gasteiger partial charge in [-0.1, -0.05) is 29.8 Å². The Morgan fingerprint density at radius 2 is 1.56 bits per heavy atom. The van der Waals surface area contributed by atoms with Crippen LogP contribution in [0.5, 0.6) is 5.75 Å². The molecule has 2 aromatic carbocycles. The van der Waals surface area contributed by atoms with Gasteiger partial charge in [0.25, 0.3) is 0 Å². The van der Waals surface area contributed by atoms with Crippen molar-refractivity contribution >= 4 is 5.78 Å². The highest BCUT2D eigenvalue weighted by molar-refractivity contribution is 6.09. The molecule has 92 valence electrons. The van der Waals surface area contributed by atoms with Crippen LogP contribution in [0, 0.1) is 13.8 Å². The largest absolute Gasteiger partial charge is 0.496 e. The first-order valence-corrected chi connectivity index (χ1v) is 5.88. The Kier molecular flexibility index (Phi) is 3.47. The van der Waals surface area contributed by atoms with Crippen LogP contribution in [0.2, 0.25) is 0 Å². The summed E-state index contributed by atoms with van der Waals surface area (Å²) >= 11 is 0. The van der Waals surface area contributed by atoms with E-state index in [0.717, 1.165) is 16.9 Å². The fourth-order valence-electron chi connectivity index (χ4n) is 1.89. The molecule has 0 amide bonds. The van der Waals surface area contributed by atoms with Crippen LogP contribution in [-0.4, -0.2) is 12.9 Å². The SMILES string of the molecule is COc1ccc(C(=O)c2ccc(C)cc2)cc1C. The highest BCUT2D eigenvalue weighted by atomic mass is 16.5. The van der Waals surface area contributed by atoms with Crippen molar-refractivity contribution in [2.24, 2.45) is 0 Å². The first-order chi connectivity index (χ1) is 8.61. The second-order valence-electron chi connectivity index (χ2n) is 4.38. The zero-order chi connectivity index (χ0) is 13.1. The Labute approximate surface area is 107 Å². The summed E-state index contributed by atoms with van der Waals surface area (Å²) in [6, 6.07) is 13.1. The Hall–Kier alpha value is -2.09. The van der Waals surface area contributed by atoms with E-state index in [1.54, 1.807) is 13.2 Å². The van der Waals surface area contributed by atoms with Crippen molar-refractivity contribution in [1.82, 2.24) is 0 Å². The molecule has 0 spiro atoms. The van der Waals surface area contributed by atoms with E-state index in [1.165, 1.54) is 0 Å². The average molecular weight is 240 g/mol. The second-order valence-corrected chi connectivity index (χ2v) is 4.38. The monoisotopic (exact) mass is 240 g/mol. The van der Waals surface area contributed by atoms with Gasteiger partial charge in [0.1, 0.15) is 5.75 Å². The van der Waals surface area contributed by atoms with Crippen LogP contribution in [0.4, 0.5) is 0 Å². The average Bonchev–Trinajstić information content (AvgIpc) is 2.38. The number of rotatable bonds is 3. The summed E-state index contributed by atoms with van der Waals surface area (Å²) in [5, 5.41) is 0. The van der Waals surface area contributed by atoms with Crippen molar-refractivity contribution in [3.05, 3.63) is 64.7 Å². The summed E-state index contributed by atoms with van der Waals surface area (Å²) in [5.41, 5.74) is 3.52. The molecule has 2 heteroatoms. The number of hydrogen-bond donors (Lipinski definition) is 0. The van der Waals surface area contributed by atoms with E-state index in [9.17, 15) is 4.79 Å². The minimum Gasteiger partial charge on any atom is -0.496 e. The lowest BCUT2D eigenvalue weighted by Crippen LogP contribution is -2.02. The maximum atomic E-state index is 12.3. The minimum atomic E-state index is 0.0424. The molecule has 18 heavy (non-hydrogen) atoms. The van der Waals surface area contributed by atoms with Crippen LogP contribution in [-0.2, 0) is 0 Å². The first kappa shape index (κ1) is 12.4. The van der Waals surface area contributed by atoms with Gasteiger partial charge in [-0.2, -0.15) is 0 Å². The molecule has 0 saturated carbocycles. The zero-order valence-corrected chi connectivity index (χ0v) is 10.9. The van der Waals surface area contributed by atoms with Gasteiger partial charge in [-0.3, -0.25) is 4.79 Å². The normalized spacial score (nSPS) is 10.2. The third-order valence-corrected chi connectivity index (χ3v) is 2.97. The molecular weight excluding hydrogens is 224 g/mol. The number of ether oxygens (including phenoxy) is 1. The fraction of sp³-hybridized carbons (Fsp3) is 0.188. The third kappa shape index (κ3) is 2.43. The van der Waals surface area contributed by atoms with Crippen LogP contribution in [0.15, 0.2) is 42.5 Å². The molecule has 0 aliphatic heterocycles. The molecule has 0 N–H and O–H groups in total. The van der Waals surface area contributed by atoms with E-state index in [1.807, 2.05) is 50.2 Å². The summed E-state index contributed by atoms with van der Waals surface area (Å²) in [6.07, 6.45) is 0. The number of hydrogen-bond acceptors (Lipinski definition) is 2. The quantitative estimate of drug-likeness (QED) is 0.767. The maximum absolute atomic E-state index is 12.3. The van der Waals surface area contributed by atoms with E-state index in [4.69, 9.17) is 4.74 Å². The number of ketones is 1. The van der Waals surface area contributed by atoms with Crippen molar-refractivity contribution < 1.29 is 9.53 Å². The minimum absolute atomic E-state index is 0.0424. The van der Waals surface area contributed by atoms with E-state index < -0.39 is 0 Å². The van der Waals surface area contributed by atoms with Crippen molar-refractivity contribution in [1.29, 1.82) is 0 Å². The molecule has 0 unspecified atom stereocenters. The Balaban J connectivity index is 2.34. The summed E-state index contributed by atoms with van der Waals surface area (Å²) in [7, 11) is 1.63. The molecule has 2 aromatic rings. The molecule has 0 aromatic heterocycles. The van der Waals surface area contributed by atoms with E-state index in [-0.39, 0.29) is 5.78 Å². The molecule has 0 aliphatic carbocycles. The molecule has 0 aliphatic rings. The van der Waals surface area contributed by atoms with Gasteiger partial charge in [0, 0.05) is 11.1 Å². The lowest BCUT2D eigenvalue weighted by Gasteiger charge is -2.07. The molecule has 0 atom stereocenters. The predicted molar refractivity (Wildman–Crippen MR) is 72.3 cm³/mol. The lowest BCUT2D eigenvalue weighted by molar-refractivity contribution is 0.103. The van der Waals surface area contributed by atoms with Crippen molar-refractivity contribution in [3.8, 4) is 5.75 Å².